The lowest BCUT2D eigenvalue weighted by Crippen LogP contribution is -1.97. The number of hydrogen-bond acceptors (Lipinski definition) is 0. The van der Waals surface area contributed by atoms with Crippen molar-refractivity contribution >= 4 is 0 Å². The first-order chi connectivity index (χ1) is 8.00. The van der Waals surface area contributed by atoms with Gasteiger partial charge in [0.15, 0.2) is 11.6 Å². The monoisotopic (exact) mass is 236 g/mol. The lowest BCUT2D eigenvalue weighted by atomic mass is 10.0. The molecule has 0 aromatic heterocycles. The van der Waals surface area contributed by atoms with Crippen LogP contribution in [0.2, 0.25) is 0 Å². The molecule has 17 heavy (non-hydrogen) atoms. The van der Waals surface area contributed by atoms with Gasteiger partial charge in [0.25, 0.3) is 0 Å². The predicted octanol–water partition coefficient (Wildman–Crippen LogP) is 4.39. The van der Waals surface area contributed by atoms with Crippen LogP contribution in [0, 0.1) is 31.3 Å². The Labute approximate surface area is 97.7 Å². The molecular weight excluding hydrogens is 225 g/mol. The molecule has 0 aliphatic carbocycles. The molecule has 0 amide bonds. The maximum atomic E-state index is 13.7. The largest absolute Gasteiger partial charge is 0.206 e. The first kappa shape index (κ1) is 11.7. The van der Waals surface area contributed by atoms with Crippen LogP contribution in [0.3, 0.4) is 0 Å². The Hall–Kier alpha value is -1.77. The molecule has 88 valence electrons. The van der Waals surface area contributed by atoms with Gasteiger partial charge in [-0.1, -0.05) is 29.8 Å². The van der Waals surface area contributed by atoms with E-state index in [-0.39, 0.29) is 11.1 Å². The van der Waals surface area contributed by atoms with Gasteiger partial charge in [0.1, 0.15) is 5.82 Å². The van der Waals surface area contributed by atoms with E-state index in [1.807, 2.05) is 6.92 Å². The van der Waals surface area contributed by atoms with Crippen LogP contribution in [-0.4, -0.2) is 0 Å². The van der Waals surface area contributed by atoms with Crippen molar-refractivity contribution in [2.24, 2.45) is 0 Å². The van der Waals surface area contributed by atoms with Crippen molar-refractivity contribution in [3.8, 4) is 11.1 Å². The van der Waals surface area contributed by atoms with Gasteiger partial charge >= 0.3 is 0 Å². The van der Waals surface area contributed by atoms with Gasteiger partial charge in [-0.25, -0.2) is 13.2 Å². The molecule has 0 aliphatic heterocycles. The molecule has 2 aromatic carbocycles. The minimum atomic E-state index is -1.13. The first-order valence-corrected chi connectivity index (χ1v) is 5.22. The first-order valence-electron chi connectivity index (χ1n) is 5.22. The van der Waals surface area contributed by atoms with Gasteiger partial charge in [0.2, 0.25) is 0 Å². The van der Waals surface area contributed by atoms with E-state index in [1.54, 1.807) is 24.3 Å². The van der Waals surface area contributed by atoms with Crippen molar-refractivity contribution in [3.05, 3.63) is 58.9 Å². The van der Waals surface area contributed by atoms with Crippen LogP contribution >= 0.6 is 0 Å². The van der Waals surface area contributed by atoms with Crippen molar-refractivity contribution in [2.45, 2.75) is 13.8 Å². The summed E-state index contributed by atoms with van der Waals surface area (Å²) in [7, 11) is 0. The molecular formula is C14H11F3. The Morgan fingerprint density at radius 2 is 1.41 bits per heavy atom. The molecule has 0 heterocycles. The minimum absolute atomic E-state index is 0.0316. The summed E-state index contributed by atoms with van der Waals surface area (Å²) in [6, 6.07) is 7.61. The number of halogens is 3. The second-order valence-electron chi connectivity index (χ2n) is 4.04. The number of benzene rings is 2. The van der Waals surface area contributed by atoms with Crippen LogP contribution in [0.4, 0.5) is 13.2 Å². The zero-order chi connectivity index (χ0) is 12.6. The molecule has 0 spiro atoms. The molecule has 0 saturated heterocycles. The highest BCUT2D eigenvalue weighted by Gasteiger charge is 2.17. The van der Waals surface area contributed by atoms with Crippen molar-refractivity contribution in [1.82, 2.24) is 0 Å². The molecule has 0 radical (unpaired) electrons. The predicted molar refractivity (Wildman–Crippen MR) is 61.2 cm³/mol. The zero-order valence-electron chi connectivity index (χ0n) is 9.52. The fraction of sp³-hybridized carbons (Fsp3) is 0.143. The maximum absolute atomic E-state index is 13.7. The molecule has 0 saturated carbocycles. The van der Waals surface area contributed by atoms with E-state index in [0.717, 1.165) is 11.6 Å². The Bertz CT molecular complexity index is 557. The summed E-state index contributed by atoms with van der Waals surface area (Å²) in [5.74, 6) is -2.88. The lowest BCUT2D eigenvalue weighted by Gasteiger charge is -2.08. The van der Waals surface area contributed by atoms with Crippen molar-refractivity contribution in [3.63, 3.8) is 0 Å². The molecule has 2 aromatic rings. The van der Waals surface area contributed by atoms with E-state index < -0.39 is 17.5 Å². The van der Waals surface area contributed by atoms with Gasteiger partial charge in [0, 0.05) is 0 Å². The molecule has 2 rings (SSSR count). The van der Waals surface area contributed by atoms with Crippen LogP contribution in [0.1, 0.15) is 11.1 Å². The van der Waals surface area contributed by atoms with E-state index in [9.17, 15) is 13.2 Å². The average Bonchev–Trinajstić information content (AvgIpc) is 2.29. The van der Waals surface area contributed by atoms with E-state index in [1.165, 1.54) is 6.92 Å². The topological polar surface area (TPSA) is 0 Å². The van der Waals surface area contributed by atoms with Crippen LogP contribution in [0.15, 0.2) is 30.3 Å². The molecule has 0 unspecified atom stereocenters. The summed E-state index contributed by atoms with van der Waals surface area (Å²) in [4.78, 5) is 0. The van der Waals surface area contributed by atoms with E-state index in [4.69, 9.17) is 0 Å². The lowest BCUT2D eigenvalue weighted by molar-refractivity contribution is 0.493. The van der Waals surface area contributed by atoms with Crippen LogP contribution in [0.5, 0.6) is 0 Å². The second kappa shape index (κ2) is 4.24. The maximum Gasteiger partial charge on any atom is 0.169 e. The fourth-order valence-electron chi connectivity index (χ4n) is 1.70. The van der Waals surface area contributed by atoms with Crippen LogP contribution in [-0.2, 0) is 0 Å². The van der Waals surface area contributed by atoms with Gasteiger partial charge in [0.05, 0.1) is 5.56 Å². The third-order valence-corrected chi connectivity index (χ3v) is 2.68. The third-order valence-electron chi connectivity index (χ3n) is 2.68. The SMILES string of the molecule is Cc1ccc(-c2c(F)cc(C)c(F)c2F)cc1. The van der Waals surface area contributed by atoms with Crippen LogP contribution in [0.25, 0.3) is 11.1 Å². The fourth-order valence-corrected chi connectivity index (χ4v) is 1.70. The Morgan fingerprint density at radius 1 is 0.824 bits per heavy atom. The van der Waals surface area contributed by atoms with Gasteiger partial charge in [-0.05, 0) is 31.0 Å². The molecule has 0 fully saturated rings. The molecule has 3 heteroatoms. The van der Waals surface area contributed by atoms with Crippen molar-refractivity contribution in [2.75, 3.05) is 0 Å². The highest BCUT2D eigenvalue weighted by atomic mass is 19.2. The van der Waals surface area contributed by atoms with Crippen molar-refractivity contribution in [1.29, 1.82) is 0 Å². The van der Waals surface area contributed by atoms with E-state index >= 15 is 0 Å². The Balaban J connectivity index is 2.67. The minimum Gasteiger partial charge on any atom is -0.206 e. The number of rotatable bonds is 1. The highest BCUT2D eigenvalue weighted by molar-refractivity contribution is 5.65. The average molecular weight is 236 g/mol. The summed E-state index contributed by atoms with van der Waals surface area (Å²) >= 11 is 0. The molecule has 0 nitrogen and oxygen atoms in total. The smallest absolute Gasteiger partial charge is 0.169 e. The summed E-state index contributed by atoms with van der Waals surface area (Å²) < 4.78 is 40.8. The summed E-state index contributed by atoms with van der Waals surface area (Å²) in [6.45, 7) is 3.20. The van der Waals surface area contributed by atoms with Gasteiger partial charge in [-0.3, -0.25) is 0 Å². The Morgan fingerprint density at radius 3 is 2.00 bits per heavy atom. The second-order valence-corrected chi connectivity index (χ2v) is 4.04. The summed E-state index contributed by atoms with van der Waals surface area (Å²) in [5, 5.41) is 0. The molecule has 0 N–H and O–H groups in total. The normalized spacial score (nSPS) is 10.6. The molecule has 0 bridgehead atoms. The van der Waals surface area contributed by atoms with E-state index in [0.29, 0.717) is 5.56 Å². The quantitative estimate of drug-likeness (QED) is 0.644. The van der Waals surface area contributed by atoms with Gasteiger partial charge < -0.3 is 0 Å². The van der Waals surface area contributed by atoms with Crippen LogP contribution < -0.4 is 0 Å². The van der Waals surface area contributed by atoms with Crippen molar-refractivity contribution < 1.29 is 13.2 Å². The third kappa shape index (κ3) is 2.05. The standard InChI is InChI=1S/C14H11F3/c1-8-3-5-10(6-4-8)12-11(15)7-9(2)13(16)14(12)17/h3-7H,1-2H3. The Kier molecular flexibility index (Phi) is 2.92. The van der Waals surface area contributed by atoms with Gasteiger partial charge in [-0.2, -0.15) is 0 Å². The highest BCUT2D eigenvalue weighted by Crippen LogP contribution is 2.29. The number of hydrogen-bond donors (Lipinski definition) is 0. The number of aryl methyl sites for hydroxylation is 2. The van der Waals surface area contributed by atoms with E-state index in [2.05, 4.69) is 0 Å². The molecule has 0 atom stereocenters. The van der Waals surface area contributed by atoms with Gasteiger partial charge in [-0.15, -0.1) is 0 Å². The summed E-state index contributed by atoms with van der Waals surface area (Å²) in [6.07, 6.45) is 0. The zero-order valence-corrected chi connectivity index (χ0v) is 9.52. The molecule has 0 aliphatic rings. The summed E-state index contributed by atoms with van der Waals surface area (Å²) in [5.41, 5.74) is 0.968.